The lowest BCUT2D eigenvalue weighted by Gasteiger charge is -2.12. The molecule has 0 fully saturated rings. The fourth-order valence-corrected chi connectivity index (χ4v) is 4.44. The third kappa shape index (κ3) is 5.00. The van der Waals surface area contributed by atoms with Gasteiger partial charge < -0.3 is 4.74 Å². The van der Waals surface area contributed by atoms with Gasteiger partial charge in [0.2, 0.25) is 0 Å². The molecule has 0 radical (unpaired) electrons. The number of para-hydroxylation sites is 2. The van der Waals surface area contributed by atoms with Crippen LogP contribution in [-0.4, -0.2) is 27.3 Å². The van der Waals surface area contributed by atoms with Crippen LogP contribution in [0, 0.1) is 0 Å². The average molecular weight is 476 g/mol. The number of carbonyl (C=O) groups excluding carboxylic acids is 2. The van der Waals surface area contributed by atoms with E-state index < -0.39 is 21.8 Å². The van der Waals surface area contributed by atoms with Gasteiger partial charge >= 0.3 is 0 Å². The van der Waals surface area contributed by atoms with Crippen LogP contribution >= 0.6 is 0 Å². The second-order valence-corrected chi connectivity index (χ2v) is 8.99. The molecule has 9 heteroatoms. The highest BCUT2D eigenvalue weighted by atomic mass is 32.2. The Labute approximate surface area is 196 Å². The summed E-state index contributed by atoms with van der Waals surface area (Å²) in [7, 11) is -2.56. The molecule has 0 aliphatic heterocycles. The smallest absolute Gasteiger partial charge is 0.269 e. The summed E-state index contributed by atoms with van der Waals surface area (Å²) in [5.41, 5.74) is 5.37. The zero-order valence-corrected chi connectivity index (χ0v) is 18.9. The van der Waals surface area contributed by atoms with Crippen molar-refractivity contribution in [2.24, 2.45) is 0 Å². The number of hydrogen-bond donors (Lipinski definition) is 3. The molecular weight excluding hydrogens is 454 g/mol. The minimum Gasteiger partial charge on any atom is -0.495 e. The molecule has 4 rings (SSSR count). The number of ether oxygens (including phenoxy) is 1. The monoisotopic (exact) mass is 475 g/mol. The largest absolute Gasteiger partial charge is 0.495 e. The molecular formula is C25H21N3O5S. The number of rotatable bonds is 6. The van der Waals surface area contributed by atoms with Crippen molar-refractivity contribution in [3.05, 3.63) is 102 Å². The Hall–Kier alpha value is -4.37. The van der Waals surface area contributed by atoms with Crippen molar-refractivity contribution in [3.8, 4) is 5.75 Å². The second-order valence-electron chi connectivity index (χ2n) is 7.30. The molecule has 0 saturated heterocycles. The van der Waals surface area contributed by atoms with Crippen molar-refractivity contribution < 1.29 is 22.7 Å². The predicted octanol–water partition coefficient (Wildman–Crippen LogP) is 3.72. The number of fused-ring (bicyclic) bond motifs is 1. The third-order valence-corrected chi connectivity index (χ3v) is 6.42. The Bertz CT molecular complexity index is 1480. The zero-order chi connectivity index (χ0) is 24.1. The van der Waals surface area contributed by atoms with Crippen molar-refractivity contribution in [2.75, 3.05) is 11.8 Å². The number of anilines is 1. The van der Waals surface area contributed by atoms with Crippen LogP contribution in [-0.2, 0) is 10.0 Å². The lowest BCUT2D eigenvalue weighted by Crippen LogP contribution is -2.41. The van der Waals surface area contributed by atoms with E-state index in [9.17, 15) is 18.0 Å². The Balaban J connectivity index is 1.46. The summed E-state index contributed by atoms with van der Waals surface area (Å²) in [5.74, 6) is -0.805. The van der Waals surface area contributed by atoms with Crippen LogP contribution < -0.4 is 20.3 Å². The van der Waals surface area contributed by atoms with Crippen LogP contribution in [0.5, 0.6) is 5.75 Å². The van der Waals surface area contributed by atoms with E-state index in [2.05, 4.69) is 15.6 Å². The second kappa shape index (κ2) is 9.63. The molecule has 0 spiro atoms. The van der Waals surface area contributed by atoms with Gasteiger partial charge in [0.25, 0.3) is 21.8 Å². The summed E-state index contributed by atoms with van der Waals surface area (Å²) in [5, 5.41) is 1.88. The van der Waals surface area contributed by atoms with Crippen molar-refractivity contribution >= 4 is 38.3 Å². The number of hydrogen-bond acceptors (Lipinski definition) is 5. The molecule has 4 aromatic carbocycles. The average Bonchev–Trinajstić information content (AvgIpc) is 2.87. The van der Waals surface area contributed by atoms with Crippen molar-refractivity contribution in [2.45, 2.75) is 4.90 Å². The molecule has 0 atom stereocenters. The molecule has 4 aromatic rings. The van der Waals surface area contributed by atoms with Gasteiger partial charge in [-0.25, -0.2) is 8.42 Å². The van der Waals surface area contributed by atoms with Crippen molar-refractivity contribution in [1.29, 1.82) is 0 Å². The maximum Gasteiger partial charge on any atom is 0.269 e. The molecule has 0 aromatic heterocycles. The maximum atomic E-state index is 12.8. The molecule has 8 nitrogen and oxygen atoms in total. The van der Waals surface area contributed by atoms with Crippen molar-refractivity contribution in [3.63, 3.8) is 0 Å². The Morgan fingerprint density at radius 1 is 0.706 bits per heavy atom. The summed E-state index contributed by atoms with van der Waals surface area (Å²) in [4.78, 5) is 24.9. The molecule has 172 valence electrons. The zero-order valence-electron chi connectivity index (χ0n) is 18.1. The number of benzene rings is 4. The fraction of sp³-hybridized carbons (Fsp3) is 0.0400. The Kier molecular flexibility index (Phi) is 6.46. The summed E-state index contributed by atoms with van der Waals surface area (Å²) < 4.78 is 33.3. The standard InChI is InChI=1S/C25H21N3O5S/c1-33-23-12-5-4-11-22(23)28-34(31,32)21-10-6-9-19(16-21)24(29)26-27-25(30)20-14-13-17-7-2-3-8-18(17)15-20/h2-16,28H,1H3,(H,26,29)(H,27,30). The highest BCUT2D eigenvalue weighted by Crippen LogP contribution is 2.26. The number of sulfonamides is 1. The lowest BCUT2D eigenvalue weighted by molar-refractivity contribution is 0.0846. The molecule has 3 N–H and O–H groups in total. The number of methoxy groups -OCH3 is 1. The SMILES string of the molecule is COc1ccccc1NS(=O)(=O)c1cccc(C(=O)NNC(=O)c2ccc3ccccc3c2)c1. The van der Waals surface area contributed by atoms with Gasteiger partial charge in [-0.1, -0.05) is 48.5 Å². The van der Waals surface area contributed by atoms with Crippen LogP contribution in [0.4, 0.5) is 5.69 Å². The molecule has 0 aliphatic carbocycles. The van der Waals surface area contributed by atoms with Gasteiger partial charge in [-0.15, -0.1) is 0 Å². The molecule has 2 amide bonds. The first-order valence-corrected chi connectivity index (χ1v) is 11.7. The minimum atomic E-state index is -3.99. The van der Waals surface area contributed by atoms with Crippen molar-refractivity contribution in [1.82, 2.24) is 10.9 Å². The van der Waals surface area contributed by atoms with Gasteiger partial charge in [0.05, 0.1) is 17.7 Å². The number of hydrazine groups is 1. The fourth-order valence-electron chi connectivity index (χ4n) is 3.33. The highest BCUT2D eigenvalue weighted by molar-refractivity contribution is 7.92. The Morgan fingerprint density at radius 3 is 2.09 bits per heavy atom. The minimum absolute atomic E-state index is 0.0571. The first-order valence-electron chi connectivity index (χ1n) is 10.2. The first kappa shape index (κ1) is 22.8. The van der Waals surface area contributed by atoms with E-state index in [0.29, 0.717) is 11.3 Å². The van der Waals surface area contributed by atoms with Gasteiger partial charge in [0.1, 0.15) is 5.75 Å². The van der Waals surface area contributed by atoms with Gasteiger partial charge in [-0.05, 0) is 53.2 Å². The van der Waals surface area contributed by atoms with E-state index >= 15 is 0 Å². The van der Waals surface area contributed by atoms with Crippen LogP contribution in [0.15, 0.2) is 95.9 Å². The quantitative estimate of drug-likeness (QED) is 0.368. The van der Waals surface area contributed by atoms with E-state index in [-0.39, 0.29) is 16.1 Å². The van der Waals surface area contributed by atoms with Gasteiger partial charge in [0, 0.05) is 11.1 Å². The summed E-state index contributed by atoms with van der Waals surface area (Å²) in [6.07, 6.45) is 0. The van der Waals surface area contributed by atoms with E-state index in [1.54, 1.807) is 36.4 Å². The number of nitrogens with one attached hydrogen (secondary N) is 3. The van der Waals surface area contributed by atoms with Crippen LogP contribution in [0.3, 0.4) is 0 Å². The maximum absolute atomic E-state index is 12.8. The van der Waals surface area contributed by atoms with E-state index in [4.69, 9.17) is 4.74 Å². The lowest BCUT2D eigenvalue weighted by atomic mass is 10.1. The Morgan fingerprint density at radius 2 is 1.35 bits per heavy atom. The molecule has 0 unspecified atom stereocenters. The van der Waals surface area contributed by atoms with Crippen LogP contribution in [0.25, 0.3) is 10.8 Å². The summed E-state index contributed by atoms with van der Waals surface area (Å²) in [6, 6.07) is 24.8. The van der Waals surface area contributed by atoms with E-state index in [0.717, 1.165) is 10.8 Å². The van der Waals surface area contributed by atoms with Gasteiger partial charge in [0.15, 0.2) is 0 Å². The van der Waals surface area contributed by atoms with Crippen LogP contribution in [0.2, 0.25) is 0 Å². The topological polar surface area (TPSA) is 114 Å². The van der Waals surface area contributed by atoms with Gasteiger partial charge in [-0.2, -0.15) is 0 Å². The molecule has 0 aliphatic rings. The first-order chi connectivity index (χ1) is 16.4. The normalized spacial score (nSPS) is 11.0. The molecule has 34 heavy (non-hydrogen) atoms. The van der Waals surface area contributed by atoms with Crippen LogP contribution in [0.1, 0.15) is 20.7 Å². The van der Waals surface area contributed by atoms with E-state index in [1.165, 1.54) is 31.4 Å². The molecule has 0 heterocycles. The van der Waals surface area contributed by atoms with E-state index in [1.807, 2.05) is 30.3 Å². The number of amides is 2. The summed E-state index contributed by atoms with van der Waals surface area (Å²) >= 11 is 0. The third-order valence-electron chi connectivity index (χ3n) is 5.06. The highest BCUT2D eigenvalue weighted by Gasteiger charge is 2.18. The van der Waals surface area contributed by atoms with Gasteiger partial charge in [-0.3, -0.25) is 25.2 Å². The molecule has 0 bridgehead atoms. The predicted molar refractivity (Wildman–Crippen MR) is 129 cm³/mol. The summed E-state index contributed by atoms with van der Waals surface area (Å²) in [6.45, 7) is 0. The number of carbonyl (C=O) groups is 2. The molecule has 0 saturated carbocycles.